The van der Waals surface area contributed by atoms with Crippen LogP contribution < -0.4 is 5.32 Å². The van der Waals surface area contributed by atoms with E-state index in [1.807, 2.05) is 25.2 Å². The van der Waals surface area contributed by atoms with Crippen LogP contribution in [0.5, 0.6) is 0 Å². The lowest BCUT2D eigenvalue weighted by atomic mass is 9.78. The molecule has 2 unspecified atom stereocenters. The second kappa shape index (κ2) is 6.97. The third-order valence-electron chi connectivity index (χ3n) is 4.01. The van der Waals surface area contributed by atoms with E-state index in [0.717, 1.165) is 23.4 Å². The third-order valence-corrected chi connectivity index (χ3v) is 4.59. The first-order chi connectivity index (χ1) is 8.74. The third kappa shape index (κ3) is 5.33. The number of halogens is 2. The zero-order chi connectivity index (χ0) is 14.6. The first-order valence-electron chi connectivity index (χ1n) is 6.85. The molecule has 1 nitrogen and oxygen atoms in total. The van der Waals surface area contributed by atoms with Gasteiger partial charge < -0.3 is 5.32 Å². The van der Waals surface area contributed by atoms with Gasteiger partial charge >= 0.3 is 0 Å². The number of hydrogen-bond donors (Lipinski definition) is 1. The zero-order valence-corrected chi connectivity index (χ0v) is 14.1. The van der Waals surface area contributed by atoms with Crippen LogP contribution in [-0.2, 0) is 6.42 Å². The molecule has 108 valence electrons. The van der Waals surface area contributed by atoms with Crippen molar-refractivity contribution in [3.63, 3.8) is 0 Å². The molecule has 2 atom stereocenters. The van der Waals surface area contributed by atoms with Gasteiger partial charge in [0.05, 0.1) is 0 Å². The Hall–Kier alpha value is -0.240. The molecular formula is C16H25Cl2N. The largest absolute Gasteiger partial charge is 0.317 e. The summed E-state index contributed by atoms with van der Waals surface area (Å²) < 4.78 is 0. The van der Waals surface area contributed by atoms with Crippen molar-refractivity contribution < 1.29 is 0 Å². The van der Waals surface area contributed by atoms with E-state index in [4.69, 9.17) is 23.2 Å². The first-order valence-corrected chi connectivity index (χ1v) is 7.60. The molecule has 0 aliphatic rings. The fourth-order valence-corrected chi connectivity index (χ4v) is 2.52. The number of hydrogen-bond acceptors (Lipinski definition) is 1. The van der Waals surface area contributed by atoms with Gasteiger partial charge in [0.25, 0.3) is 0 Å². The van der Waals surface area contributed by atoms with Gasteiger partial charge in [-0.2, -0.15) is 0 Å². The summed E-state index contributed by atoms with van der Waals surface area (Å²) in [5.41, 5.74) is 1.49. The average molecular weight is 302 g/mol. The molecule has 0 aromatic heterocycles. The van der Waals surface area contributed by atoms with Crippen molar-refractivity contribution in [1.29, 1.82) is 0 Å². The van der Waals surface area contributed by atoms with Gasteiger partial charge in [-0.3, -0.25) is 0 Å². The Morgan fingerprint density at radius 2 is 1.84 bits per heavy atom. The number of nitrogens with one attached hydrogen (secondary N) is 1. The Morgan fingerprint density at radius 1 is 1.21 bits per heavy atom. The van der Waals surface area contributed by atoms with E-state index in [0.29, 0.717) is 22.4 Å². The standard InChI is InChI=1S/C16H25Cl2N/c1-11(16(2,3)4)8-14(19-5)9-12-6-7-13(17)10-15(12)18/h6-7,10-11,14,19H,8-9H2,1-5H3. The quantitative estimate of drug-likeness (QED) is 0.788. The predicted octanol–water partition coefficient (Wildman–Crippen LogP) is 5.20. The maximum atomic E-state index is 6.24. The fourth-order valence-electron chi connectivity index (χ4n) is 2.04. The molecule has 0 aliphatic carbocycles. The van der Waals surface area contributed by atoms with E-state index in [2.05, 4.69) is 33.0 Å². The Balaban J connectivity index is 2.72. The molecule has 0 fully saturated rings. The van der Waals surface area contributed by atoms with E-state index >= 15 is 0 Å². The molecule has 0 bridgehead atoms. The van der Waals surface area contributed by atoms with Crippen molar-refractivity contribution >= 4 is 23.2 Å². The van der Waals surface area contributed by atoms with Crippen LogP contribution in [0.1, 0.15) is 39.7 Å². The predicted molar refractivity (Wildman–Crippen MR) is 86.2 cm³/mol. The number of rotatable bonds is 5. The van der Waals surface area contributed by atoms with Crippen LogP contribution in [0.2, 0.25) is 10.0 Å². The highest BCUT2D eigenvalue weighted by molar-refractivity contribution is 6.35. The summed E-state index contributed by atoms with van der Waals surface area (Å²) in [7, 11) is 2.02. The Bertz CT molecular complexity index is 410. The lowest BCUT2D eigenvalue weighted by Crippen LogP contribution is -2.33. The van der Waals surface area contributed by atoms with Crippen LogP contribution in [0, 0.1) is 11.3 Å². The summed E-state index contributed by atoms with van der Waals surface area (Å²) >= 11 is 12.2. The Labute approximate surface area is 127 Å². The van der Waals surface area contributed by atoms with Crippen LogP contribution >= 0.6 is 23.2 Å². The second-order valence-corrected chi connectivity index (χ2v) is 7.27. The van der Waals surface area contributed by atoms with Crippen LogP contribution in [-0.4, -0.2) is 13.1 Å². The number of likely N-dealkylation sites (N-methyl/N-ethyl adjacent to an activating group) is 1. The molecule has 19 heavy (non-hydrogen) atoms. The van der Waals surface area contributed by atoms with Crippen molar-refractivity contribution in [2.75, 3.05) is 7.05 Å². The van der Waals surface area contributed by atoms with Gasteiger partial charge in [0.15, 0.2) is 0 Å². The van der Waals surface area contributed by atoms with E-state index in [1.165, 1.54) is 0 Å². The van der Waals surface area contributed by atoms with Crippen molar-refractivity contribution in [3.05, 3.63) is 33.8 Å². The smallest absolute Gasteiger partial charge is 0.0453 e. The molecule has 1 aromatic carbocycles. The topological polar surface area (TPSA) is 12.0 Å². The van der Waals surface area contributed by atoms with Crippen molar-refractivity contribution in [3.8, 4) is 0 Å². The van der Waals surface area contributed by atoms with E-state index in [9.17, 15) is 0 Å². The molecule has 0 heterocycles. The Morgan fingerprint density at radius 3 is 2.32 bits per heavy atom. The van der Waals surface area contributed by atoms with Crippen LogP contribution in [0.4, 0.5) is 0 Å². The normalized spacial score (nSPS) is 15.3. The summed E-state index contributed by atoms with van der Waals surface area (Å²) in [6, 6.07) is 6.19. The lowest BCUT2D eigenvalue weighted by Gasteiger charge is -2.31. The molecule has 0 saturated heterocycles. The van der Waals surface area contributed by atoms with Crippen molar-refractivity contribution in [2.45, 2.75) is 46.6 Å². The molecular weight excluding hydrogens is 277 g/mol. The van der Waals surface area contributed by atoms with Crippen molar-refractivity contribution in [2.24, 2.45) is 11.3 Å². The maximum absolute atomic E-state index is 6.24. The highest BCUT2D eigenvalue weighted by atomic mass is 35.5. The van der Waals surface area contributed by atoms with Gasteiger partial charge in [-0.1, -0.05) is 57.0 Å². The molecule has 1 N–H and O–H groups in total. The molecule has 0 saturated carbocycles. The summed E-state index contributed by atoms with van der Waals surface area (Å²) in [4.78, 5) is 0. The van der Waals surface area contributed by atoms with Gasteiger partial charge in [-0.05, 0) is 48.9 Å². The minimum atomic E-state index is 0.332. The van der Waals surface area contributed by atoms with Crippen LogP contribution in [0.3, 0.4) is 0 Å². The number of benzene rings is 1. The van der Waals surface area contributed by atoms with Crippen LogP contribution in [0.15, 0.2) is 18.2 Å². The molecule has 0 spiro atoms. The second-order valence-electron chi connectivity index (χ2n) is 6.43. The molecule has 1 aromatic rings. The summed E-state index contributed by atoms with van der Waals surface area (Å²) in [5.74, 6) is 0.649. The Kier molecular flexibility index (Phi) is 6.16. The summed E-state index contributed by atoms with van der Waals surface area (Å²) in [6.07, 6.45) is 2.08. The molecule has 0 aliphatic heterocycles. The van der Waals surface area contributed by atoms with Gasteiger partial charge in [-0.15, -0.1) is 0 Å². The summed E-state index contributed by atoms with van der Waals surface area (Å²) in [6.45, 7) is 9.19. The first kappa shape index (κ1) is 16.8. The molecule has 0 radical (unpaired) electrons. The summed E-state index contributed by atoms with van der Waals surface area (Å²) in [5, 5.41) is 4.86. The molecule has 3 heteroatoms. The zero-order valence-electron chi connectivity index (χ0n) is 12.6. The SMILES string of the molecule is CNC(Cc1ccc(Cl)cc1Cl)CC(C)C(C)(C)C. The van der Waals surface area contributed by atoms with E-state index in [-0.39, 0.29) is 0 Å². The fraction of sp³-hybridized carbons (Fsp3) is 0.625. The minimum Gasteiger partial charge on any atom is -0.317 e. The minimum absolute atomic E-state index is 0.332. The van der Waals surface area contributed by atoms with Gasteiger partial charge in [0, 0.05) is 16.1 Å². The lowest BCUT2D eigenvalue weighted by molar-refractivity contribution is 0.225. The van der Waals surface area contributed by atoms with Gasteiger partial charge in [0.2, 0.25) is 0 Å². The van der Waals surface area contributed by atoms with Gasteiger partial charge in [-0.25, -0.2) is 0 Å². The van der Waals surface area contributed by atoms with E-state index < -0.39 is 0 Å². The van der Waals surface area contributed by atoms with Gasteiger partial charge in [0.1, 0.15) is 0 Å². The highest BCUT2D eigenvalue weighted by Crippen LogP contribution is 2.30. The molecule has 0 amide bonds. The highest BCUT2D eigenvalue weighted by Gasteiger charge is 2.23. The monoisotopic (exact) mass is 301 g/mol. The van der Waals surface area contributed by atoms with Crippen molar-refractivity contribution in [1.82, 2.24) is 5.32 Å². The average Bonchev–Trinajstić information content (AvgIpc) is 2.30. The van der Waals surface area contributed by atoms with E-state index in [1.54, 1.807) is 0 Å². The maximum Gasteiger partial charge on any atom is 0.0453 e. The molecule has 1 rings (SSSR count). The van der Waals surface area contributed by atoms with Crippen LogP contribution in [0.25, 0.3) is 0 Å².